The van der Waals surface area contributed by atoms with E-state index < -0.39 is 0 Å². The molecule has 3 aromatic rings. The summed E-state index contributed by atoms with van der Waals surface area (Å²) in [5, 5.41) is 2.93. The van der Waals surface area contributed by atoms with Gasteiger partial charge >= 0.3 is 0 Å². The summed E-state index contributed by atoms with van der Waals surface area (Å²) in [5.41, 5.74) is 3.95. The second-order valence-electron chi connectivity index (χ2n) is 7.04. The molecule has 0 radical (unpaired) electrons. The maximum Gasteiger partial charge on any atom is 0.255 e. The fourth-order valence-electron chi connectivity index (χ4n) is 3.48. The molecule has 0 bridgehead atoms. The van der Waals surface area contributed by atoms with Crippen molar-refractivity contribution in [1.29, 1.82) is 0 Å². The molecule has 5 nitrogen and oxygen atoms in total. The Balaban J connectivity index is 1.42. The minimum absolute atomic E-state index is 0.117. The number of benzene rings is 2. The molecule has 1 N–H and O–H groups in total. The van der Waals surface area contributed by atoms with Gasteiger partial charge in [0.15, 0.2) is 0 Å². The molecule has 4 rings (SSSR count). The predicted octanol–water partition coefficient (Wildman–Crippen LogP) is 3.97. The minimum atomic E-state index is -0.117. The fraction of sp³-hybridized carbons (Fsp3) is 0.217. The number of hydrogen-bond donors (Lipinski definition) is 1. The van der Waals surface area contributed by atoms with Crippen molar-refractivity contribution >= 4 is 23.1 Å². The van der Waals surface area contributed by atoms with E-state index in [0.717, 1.165) is 37.7 Å². The van der Waals surface area contributed by atoms with Gasteiger partial charge in [-0.2, -0.15) is 0 Å². The molecule has 0 saturated carbocycles. The number of carbonyl (C=O) groups excluding carboxylic acids is 1. The van der Waals surface area contributed by atoms with Crippen LogP contribution in [0.5, 0.6) is 0 Å². The normalized spacial score (nSPS) is 14.0. The van der Waals surface area contributed by atoms with E-state index >= 15 is 0 Å². The van der Waals surface area contributed by atoms with E-state index in [0.29, 0.717) is 5.56 Å². The number of para-hydroxylation sites is 1. The summed E-state index contributed by atoms with van der Waals surface area (Å²) in [7, 11) is 0. The van der Waals surface area contributed by atoms with E-state index in [1.165, 1.54) is 11.3 Å². The van der Waals surface area contributed by atoms with E-state index in [1.54, 1.807) is 12.3 Å². The van der Waals surface area contributed by atoms with E-state index in [4.69, 9.17) is 0 Å². The third-order valence-corrected chi connectivity index (χ3v) is 5.01. The van der Waals surface area contributed by atoms with Gasteiger partial charge in [-0.3, -0.25) is 4.79 Å². The van der Waals surface area contributed by atoms with Crippen LogP contribution in [0.4, 0.5) is 17.2 Å². The Bertz CT molecular complexity index is 950. The van der Waals surface area contributed by atoms with E-state index in [-0.39, 0.29) is 5.91 Å². The highest BCUT2D eigenvalue weighted by molar-refractivity contribution is 6.04. The van der Waals surface area contributed by atoms with Gasteiger partial charge in [-0.15, -0.1) is 0 Å². The zero-order chi connectivity index (χ0) is 19.3. The third kappa shape index (κ3) is 4.14. The largest absolute Gasteiger partial charge is 0.368 e. The Morgan fingerprint density at radius 2 is 1.64 bits per heavy atom. The summed E-state index contributed by atoms with van der Waals surface area (Å²) >= 11 is 0. The maximum atomic E-state index is 12.6. The van der Waals surface area contributed by atoms with Crippen molar-refractivity contribution < 1.29 is 4.79 Å². The number of carbonyl (C=O) groups is 1. The van der Waals surface area contributed by atoms with Gasteiger partial charge < -0.3 is 15.1 Å². The maximum absolute atomic E-state index is 12.6. The quantitative estimate of drug-likeness (QED) is 0.753. The van der Waals surface area contributed by atoms with Crippen molar-refractivity contribution in [2.45, 2.75) is 6.92 Å². The molecule has 2 heterocycles. The Labute approximate surface area is 165 Å². The van der Waals surface area contributed by atoms with Crippen LogP contribution in [-0.4, -0.2) is 37.1 Å². The molecule has 5 heteroatoms. The zero-order valence-corrected chi connectivity index (χ0v) is 16.0. The lowest BCUT2D eigenvalue weighted by molar-refractivity contribution is 0.102. The number of nitrogens with one attached hydrogen (secondary N) is 1. The Morgan fingerprint density at radius 1 is 0.893 bits per heavy atom. The van der Waals surface area contributed by atoms with Crippen molar-refractivity contribution in [3.05, 3.63) is 84.1 Å². The van der Waals surface area contributed by atoms with Gasteiger partial charge in [0.05, 0.1) is 0 Å². The lowest BCUT2D eigenvalue weighted by Gasteiger charge is -2.37. The van der Waals surface area contributed by atoms with Crippen molar-refractivity contribution in [2.24, 2.45) is 0 Å². The minimum Gasteiger partial charge on any atom is -0.368 e. The summed E-state index contributed by atoms with van der Waals surface area (Å²) in [5.74, 6) is 0.734. The van der Waals surface area contributed by atoms with Crippen LogP contribution in [0.1, 0.15) is 15.9 Å². The topological polar surface area (TPSA) is 48.5 Å². The molecular weight excluding hydrogens is 348 g/mol. The van der Waals surface area contributed by atoms with E-state index in [2.05, 4.69) is 51.3 Å². The number of hydrogen-bond acceptors (Lipinski definition) is 4. The molecule has 142 valence electrons. The second-order valence-corrected chi connectivity index (χ2v) is 7.04. The summed E-state index contributed by atoms with van der Waals surface area (Å²) in [6.07, 6.45) is 1.71. The van der Waals surface area contributed by atoms with E-state index in [9.17, 15) is 4.79 Å². The predicted molar refractivity (Wildman–Crippen MR) is 114 cm³/mol. The molecule has 1 aliphatic heterocycles. The highest BCUT2D eigenvalue weighted by atomic mass is 16.1. The summed E-state index contributed by atoms with van der Waals surface area (Å²) in [4.78, 5) is 21.7. The van der Waals surface area contributed by atoms with Gasteiger partial charge in [-0.25, -0.2) is 4.98 Å². The van der Waals surface area contributed by atoms with Crippen LogP contribution in [0.2, 0.25) is 0 Å². The van der Waals surface area contributed by atoms with Crippen LogP contribution in [0.3, 0.4) is 0 Å². The monoisotopic (exact) mass is 372 g/mol. The first-order valence-corrected chi connectivity index (χ1v) is 9.58. The molecule has 0 spiro atoms. The van der Waals surface area contributed by atoms with Gasteiger partial charge in [-0.1, -0.05) is 30.3 Å². The molecule has 1 saturated heterocycles. The van der Waals surface area contributed by atoms with Crippen LogP contribution >= 0.6 is 0 Å². The van der Waals surface area contributed by atoms with Crippen LogP contribution in [-0.2, 0) is 0 Å². The number of anilines is 3. The van der Waals surface area contributed by atoms with Gasteiger partial charge in [0.1, 0.15) is 5.82 Å². The second kappa shape index (κ2) is 8.13. The van der Waals surface area contributed by atoms with Gasteiger partial charge in [0.25, 0.3) is 5.91 Å². The van der Waals surface area contributed by atoms with E-state index in [1.807, 2.05) is 36.4 Å². The first kappa shape index (κ1) is 18.0. The Hall–Kier alpha value is -3.34. The molecule has 2 aromatic carbocycles. The highest BCUT2D eigenvalue weighted by Gasteiger charge is 2.19. The van der Waals surface area contributed by atoms with Crippen molar-refractivity contribution in [1.82, 2.24) is 4.98 Å². The number of amides is 1. The number of nitrogens with zero attached hydrogens (tertiary/aromatic N) is 3. The molecule has 1 aromatic heterocycles. The number of pyridine rings is 1. The first-order valence-electron chi connectivity index (χ1n) is 9.58. The molecule has 0 aliphatic carbocycles. The summed E-state index contributed by atoms with van der Waals surface area (Å²) < 4.78 is 0. The number of aryl methyl sites for hydroxylation is 1. The third-order valence-electron chi connectivity index (χ3n) is 5.01. The molecule has 0 atom stereocenters. The standard InChI is InChI=1S/C23H24N4O/c1-18-6-5-9-21(16-18)26-12-14-27(15-13-26)22-17-19(10-11-24-22)23(28)25-20-7-3-2-4-8-20/h2-11,16-17H,12-15H2,1H3,(H,25,28). The van der Waals surface area contributed by atoms with Crippen molar-refractivity contribution in [3.8, 4) is 0 Å². The number of piperazine rings is 1. The first-order chi connectivity index (χ1) is 13.7. The van der Waals surface area contributed by atoms with Gasteiger partial charge in [0, 0.05) is 49.3 Å². The zero-order valence-electron chi connectivity index (χ0n) is 16.0. The molecule has 1 aliphatic rings. The lowest BCUT2D eigenvalue weighted by Crippen LogP contribution is -2.46. The van der Waals surface area contributed by atoms with Gasteiger partial charge in [-0.05, 0) is 48.9 Å². The van der Waals surface area contributed by atoms with Crippen LogP contribution in [0.25, 0.3) is 0 Å². The SMILES string of the molecule is Cc1cccc(N2CCN(c3cc(C(=O)Nc4ccccc4)ccn3)CC2)c1. The van der Waals surface area contributed by atoms with Crippen LogP contribution in [0, 0.1) is 6.92 Å². The average molecular weight is 372 g/mol. The van der Waals surface area contributed by atoms with Crippen molar-refractivity contribution in [2.75, 3.05) is 41.3 Å². The summed E-state index contributed by atoms with van der Waals surface area (Å²) in [6.45, 7) is 5.75. The highest BCUT2D eigenvalue weighted by Crippen LogP contribution is 2.21. The van der Waals surface area contributed by atoms with Crippen LogP contribution < -0.4 is 15.1 Å². The smallest absolute Gasteiger partial charge is 0.255 e. The molecular formula is C23H24N4O. The Kier molecular flexibility index (Phi) is 5.24. The molecule has 28 heavy (non-hydrogen) atoms. The Morgan fingerprint density at radius 3 is 2.39 bits per heavy atom. The molecule has 0 unspecified atom stereocenters. The molecule has 1 fully saturated rings. The molecule has 1 amide bonds. The van der Waals surface area contributed by atoms with Crippen LogP contribution in [0.15, 0.2) is 72.9 Å². The van der Waals surface area contributed by atoms with Crippen molar-refractivity contribution in [3.63, 3.8) is 0 Å². The van der Waals surface area contributed by atoms with Gasteiger partial charge in [0.2, 0.25) is 0 Å². The average Bonchev–Trinajstić information content (AvgIpc) is 2.75. The summed E-state index contributed by atoms with van der Waals surface area (Å²) in [6, 6.07) is 21.7. The number of aromatic nitrogens is 1. The lowest BCUT2D eigenvalue weighted by atomic mass is 10.2. The fourth-order valence-corrected chi connectivity index (χ4v) is 3.48. The number of rotatable bonds is 4.